The van der Waals surface area contributed by atoms with Gasteiger partial charge < -0.3 is 15.0 Å². The third-order valence-electron chi connectivity index (χ3n) is 3.86. The third kappa shape index (κ3) is 5.32. The Hall–Kier alpha value is -1.07. The molecular weight excluding hydrogens is 332 g/mol. The molecule has 1 aromatic carbocycles. The molecule has 0 radical (unpaired) electrons. The molecule has 0 spiro atoms. The highest BCUT2D eigenvalue weighted by Crippen LogP contribution is 2.18. The zero-order valence-electron chi connectivity index (χ0n) is 12.5. The second kappa shape index (κ2) is 8.39. The van der Waals surface area contributed by atoms with E-state index < -0.39 is 0 Å². The summed E-state index contributed by atoms with van der Waals surface area (Å²) in [6.07, 6.45) is 3.43. The molecule has 1 aliphatic heterocycles. The molecule has 21 heavy (non-hydrogen) atoms. The third-order valence-corrected chi connectivity index (χ3v) is 4.35. The number of rotatable bonds is 6. The molecule has 1 aromatic rings. The van der Waals surface area contributed by atoms with Crippen molar-refractivity contribution in [2.24, 2.45) is 0 Å². The molecule has 5 heteroatoms. The van der Waals surface area contributed by atoms with Crippen molar-refractivity contribution in [2.45, 2.75) is 31.7 Å². The van der Waals surface area contributed by atoms with Crippen LogP contribution in [-0.2, 0) is 4.79 Å². The van der Waals surface area contributed by atoms with Crippen LogP contribution in [0.25, 0.3) is 0 Å². The lowest BCUT2D eigenvalue weighted by Gasteiger charge is -2.31. The molecule has 0 unspecified atom stereocenters. The van der Waals surface area contributed by atoms with Crippen LogP contribution in [0.5, 0.6) is 5.75 Å². The Balaban J connectivity index is 1.63. The molecule has 0 aromatic heterocycles. The molecule has 1 aliphatic rings. The maximum Gasteiger partial charge on any atom is 0.222 e. The zero-order valence-corrected chi connectivity index (χ0v) is 14.1. The van der Waals surface area contributed by atoms with E-state index in [0.717, 1.165) is 42.6 Å². The van der Waals surface area contributed by atoms with Gasteiger partial charge in [0.25, 0.3) is 0 Å². The normalized spacial score (nSPS) is 16.0. The van der Waals surface area contributed by atoms with Crippen molar-refractivity contribution in [3.8, 4) is 5.75 Å². The molecule has 4 nitrogen and oxygen atoms in total. The summed E-state index contributed by atoms with van der Waals surface area (Å²) in [5.41, 5.74) is 0. The SMILES string of the molecule is CNC1CCN(C(=O)CCCOc2cccc(Br)c2)CC1. The molecule has 1 saturated heterocycles. The number of benzene rings is 1. The van der Waals surface area contributed by atoms with Crippen LogP contribution in [-0.4, -0.2) is 43.6 Å². The summed E-state index contributed by atoms with van der Waals surface area (Å²) in [7, 11) is 1.99. The summed E-state index contributed by atoms with van der Waals surface area (Å²) in [5.74, 6) is 1.09. The number of hydrogen-bond acceptors (Lipinski definition) is 3. The quantitative estimate of drug-likeness (QED) is 0.798. The molecule has 116 valence electrons. The predicted octanol–water partition coefficient (Wildman–Crippen LogP) is 2.82. The summed E-state index contributed by atoms with van der Waals surface area (Å²) >= 11 is 3.41. The molecule has 0 bridgehead atoms. The Morgan fingerprint density at radius 1 is 1.43 bits per heavy atom. The molecule has 2 rings (SSSR count). The van der Waals surface area contributed by atoms with Gasteiger partial charge in [0.05, 0.1) is 6.61 Å². The van der Waals surface area contributed by atoms with Gasteiger partial charge in [-0.05, 0) is 44.5 Å². The van der Waals surface area contributed by atoms with E-state index >= 15 is 0 Å². The van der Waals surface area contributed by atoms with Crippen molar-refractivity contribution in [2.75, 3.05) is 26.7 Å². The van der Waals surface area contributed by atoms with Crippen LogP contribution < -0.4 is 10.1 Å². The van der Waals surface area contributed by atoms with Gasteiger partial charge in [0, 0.05) is 30.0 Å². The number of halogens is 1. The van der Waals surface area contributed by atoms with E-state index in [1.165, 1.54) is 0 Å². The largest absolute Gasteiger partial charge is 0.494 e. The standard InChI is InChI=1S/C16H23BrN2O2/c1-18-14-7-9-19(10-8-14)16(20)6-3-11-21-15-5-2-4-13(17)12-15/h2,4-5,12,14,18H,3,6-11H2,1H3. The highest BCUT2D eigenvalue weighted by molar-refractivity contribution is 9.10. The van der Waals surface area contributed by atoms with E-state index in [2.05, 4.69) is 21.2 Å². The number of piperidine rings is 1. The van der Waals surface area contributed by atoms with Crippen molar-refractivity contribution in [3.63, 3.8) is 0 Å². The van der Waals surface area contributed by atoms with Crippen LogP contribution in [0.2, 0.25) is 0 Å². The minimum Gasteiger partial charge on any atom is -0.494 e. The minimum absolute atomic E-state index is 0.252. The van der Waals surface area contributed by atoms with Gasteiger partial charge in [0.1, 0.15) is 5.75 Å². The van der Waals surface area contributed by atoms with Crippen LogP contribution in [0, 0.1) is 0 Å². The number of nitrogens with zero attached hydrogens (tertiary/aromatic N) is 1. The van der Waals surface area contributed by atoms with Gasteiger partial charge >= 0.3 is 0 Å². The van der Waals surface area contributed by atoms with E-state index in [4.69, 9.17) is 4.74 Å². The Morgan fingerprint density at radius 3 is 2.86 bits per heavy atom. The van der Waals surface area contributed by atoms with E-state index in [1.807, 2.05) is 36.2 Å². The summed E-state index contributed by atoms with van der Waals surface area (Å²) in [5, 5.41) is 3.28. The maximum atomic E-state index is 12.1. The van der Waals surface area contributed by atoms with Gasteiger partial charge in [0.2, 0.25) is 5.91 Å². The van der Waals surface area contributed by atoms with Gasteiger partial charge in [-0.1, -0.05) is 22.0 Å². The highest BCUT2D eigenvalue weighted by Gasteiger charge is 2.21. The van der Waals surface area contributed by atoms with Crippen molar-refractivity contribution in [1.29, 1.82) is 0 Å². The second-order valence-corrected chi connectivity index (χ2v) is 6.27. The molecule has 0 aliphatic carbocycles. The maximum absolute atomic E-state index is 12.1. The first-order valence-corrected chi connectivity index (χ1v) is 8.32. The van der Waals surface area contributed by atoms with Gasteiger partial charge in [-0.3, -0.25) is 4.79 Å². The van der Waals surface area contributed by atoms with E-state index in [1.54, 1.807) is 0 Å². The van der Waals surface area contributed by atoms with E-state index in [0.29, 0.717) is 19.1 Å². The number of carbonyl (C=O) groups is 1. The molecule has 1 N–H and O–H groups in total. The second-order valence-electron chi connectivity index (χ2n) is 5.35. The first kappa shape index (κ1) is 16.3. The van der Waals surface area contributed by atoms with Crippen molar-refractivity contribution in [3.05, 3.63) is 28.7 Å². The Bertz CT molecular complexity index is 459. The van der Waals surface area contributed by atoms with Gasteiger partial charge in [-0.15, -0.1) is 0 Å². The molecule has 0 atom stereocenters. The van der Waals surface area contributed by atoms with Crippen molar-refractivity contribution < 1.29 is 9.53 Å². The van der Waals surface area contributed by atoms with Crippen LogP contribution in [0.15, 0.2) is 28.7 Å². The number of hydrogen-bond donors (Lipinski definition) is 1. The Morgan fingerprint density at radius 2 is 2.19 bits per heavy atom. The topological polar surface area (TPSA) is 41.6 Å². The average Bonchev–Trinajstić information content (AvgIpc) is 2.51. The molecule has 1 heterocycles. The smallest absolute Gasteiger partial charge is 0.222 e. The van der Waals surface area contributed by atoms with Crippen LogP contribution in [0.4, 0.5) is 0 Å². The Kier molecular flexibility index (Phi) is 6.51. The lowest BCUT2D eigenvalue weighted by molar-refractivity contribution is -0.132. The van der Waals surface area contributed by atoms with Gasteiger partial charge in [-0.25, -0.2) is 0 Å². The summed E-state index contributed by atoms with van der Waals surface area (Å²) in [6.45, 7) is 2.32. The molecular formula is C16H23BrN2O2. The van der Waals surface area contributed by atoms with Crippen LogP contribution in [0.1, 0.15) is 25.7 Å². The Labute approximate surface area is 135 Å². The zero-order chi connectivity index (χ0) is 15.1. The van der Waals surface area contributed by atoms with Crippen LogP contribution >= 0.6 is 15.9 Å². The minimum atomic E-state index is 0.252. The summed E-state index contributed by atoms with van der Waals surface area (Å²) < 4.78 is 6.65. The predicted molar refractivity (Wildman–Crippen MR) is 87.5 cm³/mol. The highest BCUT2D eigenvalue weighted by atomic mass is 79.9. The van der Waals surface area contributed by atoms with E-state index in [9.17, 15) is 4.79 Å². The van der Waals surface area contributed by atoms with Crippen molar-refractivity contribution >= 4 is 21.8 Å². The fraction of sp³-hybridized carbons (Fsp3) is 0.562. The number of carbonyl (C=O) groups excluding carboxylic acids is 1. The summed E-state index contributed by atoms with van der Waals surface area (Å²) in [6, 6.07) is 8.33. The molecule has 0 saturated carbocycles. The molecule has 1 fully saturated rings. The number of amides is 1. The van der Waals surface area contributed by atoms with Gasteiger partial charge in [0.15, 0.2) is 0 Å². The van der Waals surface area contributed by atoms with Gasteiger partial charge in [-0.2, -0.15) is 0 Å². The average molecular weight is 355 g/mol. The first-order valence-electron chi connectivity index (χ1n) is 7.52. The number of nitrogens with one attached hydrogen (secondary N) is 1. The number of ether oxygens (including phenoxy) is 1. The number of likely N-dealkylation sites (tertiary alicyclic amines) is 1. The van der Waals surface area contributed by atoms with Crippen LogP contribution in [0.3, 0.4) is 0 Å². The lowest BCUT2D eigenvalue weighted by atomic mass is 10.0. The first-order chi connectivity index (χ1) is 10.2. The van der Waals surface area contributed by atoms with E-state index in [-0.39, 0.29) is 5.91 Å². The lowest BCUT2D eigenvalue weighted by Crippen LogP contribution is -2.43. The monoisotopic (exact) mass is 354 g/mol. The summed E-state index contributed by atoms with van der Waals surface area (Å²) in [4.78, 5) is 14.1. The fourth-order valence-corrected chi connectivity index (χ4v) is 2.92. The molecule has 1 amide bonds. The fourth-order valence-electron chi connectivity index (χ4n) is 2.55. The van der Waals surface area contributed by atoms with Crippen molar-refractivity contribution in [1.82, 2.24) is 10.2 Å².